The summed E-state index contributed by atoms with van der Waals surface area (Å²) >= 11 is 0. The summed E-state index contributed by atoms with van der Waals surface area (Å²) in [7, 11) is 0. The summed E-state index contributed by atoms with van der Waals surface area (Å²) in [5.41, 5.74) is 7.78. The van der Waals surface area contributed by atoms with E-state index in [0.29, 0.717) is 23.8 Å². The van der Waals surface area contributed by atoms with Crippen molar-refractivity contribution in [3.8, 4) is 0 Å². The van der Waals surface area contributed by atoms with Crippen molar-refractivity contribution in [1.29, 1.82) is 0 Å². The second kappa shape index (κ2) is 8.04. The van der Waals surface area contributed by atoms with Crippen molar-refractivity contribution < 1.29 is 4.79 Å². The number of likely N-dealkylation sites (tertiary alicyclic amines) is 1. The molecule has 3 atom stereocenters. The Hall–Kier alpha value is -1.58. The molecular formula is C24H31ClN2O. The average molecular weight is 399 g/mol. The molecule has 3 fully saturated rings. The molecule has 1 saturated heterocycles. The quantitative estimate of drug-likeness (QED) is 0.766. The summed E-state index contributed by atoms with van der Waals surface area (Å²) in [6.07, 6.45) is 7.94. The second-order valence-electron chi connectivity index (χ2n) is 8.95. The first kappa shape index (κ1) is 19.7. The largest absolute Gasteiger partial charge is 0.335 e. The van der Waals surface area contributed by atoms with E-state index in [2.05, 4.69) is 47.4 Å². The molecule has 1 amide bonds. The fourth-order valence-corrected chi connectivity index (χ4v) is 6.12. The van der Waals surface area contributed by atoms with Crippen LogP contribution in [0.1, 0.15) is 56.6 Å². The van der Waals surface area contributed by atoms with Crippen LogP contribution in [0.25, 0.3) is 10.8 Å². The van der Waals surface area contributed by atoms with E-state index in [1.165, 1.54) is 35.6 Å². The summed E-state index contributed by atoms with van der Waals surface area (Å²) in [6.45, 7) is 0.907. The van der Waals surface area contributed by atoms with E-state index in [9.17, 15) is 4.79 Å². The van der Waals surface area contributed by atoms with Gasteiger partial charge in [0.05, 0.1) is 6.04 Å². The Bertz CT molecular complexity index is 834. The molecule has 3 unspecified atom stereocenters. The molecule has 2 bridgehead atoms. The Kier molecular flexibility index (Phi) is 5.66. The molecule has 2 aromatic rings. The number of nitrogens with two attached hydrogens (primary N) is 1. The minimum absolute atomic E-state index is 0. The Morgan fingerprint density at radius 3 is 2.43 bits per heavy atom. The van der Waals surface area contributed by atoms with E-state index < -0.39 is 0 Å². The van der Waals surface area contributed by atoms with Crippen molar-refractivity contribution in [2.24, 2.45) is 23.5 Å². The molecule has 2 aromatic carbocycles. The summed E-state index contributed by atoms with van der Waals surface area (Å²) in [5, 5.41) is 2.57. The van der Waals surface area contributed by atoms with Gasteiger partial charge in [0.15, 0.2) is 0 Å². The first-order valence-electron chi connectivity index (χ1n) is 10.8. The van der Waals surface area contributed by atoms with Crippen LogP contribution in [0, 0.1) is 17.8 Å². The highest BCUT2D eigenvalue weighted by Crippen LogP contribution is 2.44. The zero-order valence-corrected chi connectivity index (χ0v) is 17.2. The number of rotatable bonds is 2. The number of hydrogen-bond acceptors (Lipinski definition) is 2. The van der Waals surface area contributed by atoms with Crippen LogP contribution in [-0.4, -0.2) is 23.4 Å². The van der Waals surface area contributed by atoms with Gasteiger partial charge in [-0.3, -0.25) is 4.79 Å². The molecule has 0 spiro atoms. The average Bonchev–Trinajstić information content (AvgIpc) is 3.16. The molecule has 2 N–H and O–H groups in total. The van der Waals surface area contributed by atoms with Gasteiger partial charge in [-0.15, -0.1) is 12.4 Å². The van der Waals surface area contributed by atoms with Crippen molar-refractivity contribution in [3.63, 3.8) is 0 Å². The van der Waals surface area contributed by atoms with Crippen molar-refractivity contribution in [1.82, 2.24) is 4.90 Å². The Labute approximate surface area is 174 Å². The minimum Gasteiger partial charge on any atom is -0.335 e. The molecule has 2 aliphatic carbocycles. The maximum absolute atomic E-state index is 13.5. The second-order valence-corrected chi connectivity index (χ2v) is 8.95. The first-order chi connectivity index (χ1) is 13.2. The number of halogens is 1. The number of benzene rings is 2. The van der Waals surface area contributed by atoms with Gasteiger partial charge in [0.1, 0.15) is 0 Å². The van der Waals surface area contributed by atoms with Gasteiger partial charge in [0, 0.05) is 18.5 Å². The number of fused-ring (bicyclic) bond motifs is 3. The molecule has 3 nitrogen and oxygen atoms in total. The highest BCUT2D eigenvalue weighted by Gasteiger charge is 2.43. The van der Waals surface area contributed by atoms with E-state index in [1.807, 2.05) is 0 Å². The van der Waals surface area contributed by atoms with Gasteiger partial charge in [-0.1, -0.05) is 48.9 Å². The van der Waals surface area contributed by atoms with E-state index in [0.717, 1.165) is 32.2 Å². The summed E-state index contributed by atoms with van der Waals surface area (Å²) in [6, 6.07) is 15.7. The highest BCUT2D eigenvalue weighted by molar-refractivity contribution is 5.87. The fraction of sp³-hybridized carbons (Fsp3) is 0.542. The van der Waals surface area contributed by atoms with Crippen molar-refractivity contribution in [3.05, 3.63) is 48.0 Å². The van der Waals surface area contributed by atoms with E-state index in [1.54, 1.807) is 0 Å². The molecule has 2 saturated carbocycles. The standard InChI is InChI=1S/C24H30N2O.ClH/c25-23-17-8-3-9-18(23)15-19(14-17)24(27)26-13-5-12-22(26)21-11-4-7-16-6-1-2-10-20(16)21;/h1-2,4,6-7,10-11,17-19,22-23H,3,5,8-9,12-15,25H2;1H. The van der Waals surface area contributed by atoms with Crippen molar-refractivity contribution >= 4 is 29.1 Å². The van der Waals surface area contributed by atoms with Gasteiger partial charge in [0.25, 0.3) is 0 Å². The van der Waals surface area contributed by atoms with Gasteiger partial charge in [0.2, 0.25) is 5.91 Å². The summed E-state index contributed by atoms with van der Waals surface area (Å²) in [4.78, 5) is 15.8. The molecule has 1 aliphatic heterocycles. The summed E-state index contributed by atoms with van der Waals surface area (Å²) in [5.74, 6) is 1.71. The lowest BCUT2D eigenvalue weighted by Crippen LogP contribution is -2.49. The molecule has 1 heterocycles. The van der Waals surface area contributed by atoms with Crippen molar-refractivity contribution in [2.45, 2.75) is 57.0 Å². The monoisotopic (exact) mass is 398 g/mol. The smallest absolute Gasteiger partial charge is 0.226 e. The fourth-order valence-electron chi connectivity index (χ4n) is 6.12. The molecule has 3 aliphatic rings. The topological polar surface area (TPSA) is 46.3 Å². The molecule has 4 heteroatoms. The van der Waals surface area contributed by atoms with Crippen LogP contribution in [0.2, 0.25) is 0 Å². The lowest BCUT2D eigenvalue weighted by molar-refractivity contribution is -0.139. The van der Waals surface area contributed by atoms with Crippen LogP contribution in [0.15, 0.2) is 42.5 Å². The predicted molar refractivity (Wildman–Crippen MR) is 116 cm³/mol. The van der Waals surface area contributed by atoms with Crippen LogP contribution in [0.5, 0.6) is 0 Å². The van der Waals surface area contributed by atoms with Crippen LogP contribution < -0.4 is 5.73 Å². The maximum atomic E-state index is 13.5. The minimum atomic E-state index is 0. The maximum Gasteiger partial charge on any atom is 0.226 e. The number of hydrogen-bond donors (Lipinski definition) is 1. The third-order valence-electron chi connectivity index (χ3n) is 7.48. The van der Waals surface area contributed by atoms with Gasteiger partial charge < -0.3 is 10.6 Å². The van der Waals surface area contributed by atoms with Gasteiger partial charge in [-0.25, -0.2) is 0 Å². The number of carbonyl (C=O) groups excluding carboxylic acids is 1. The number of nitrogens with zero attached hydrogens (tertiary/aromatic N) is 1. The van der Waals surface area contributed by atoms with Crippen LogP contribution in [-0.2, 0) is 4.79 Å². The van der Waals surface area contributed by atoms with E-state index >= 15 is 0 Å². The molecule has 0 aromatic heterocycles. The highest BCUT2D eigenvalue weighted by atomic mass is 35.5. The Balaban J connectivity index is 0.00000192. The van der Waals surface area contributed by atoms with Gasteiger partial charge >= 0.3 is 0 Å². The third-order valence-corrected chi connectivity index (χ3v) is 7.48. The molecular weight excluding hydrogens is 368 g/mol. The van der Waals surface area contributed by atoms with E-state index in [-0.39, 0.29) is 24.4 Å². The third kappa shape index (κ3) is 3.33. The number of amides is 1. The summed E-state index contributed by atoms with van der Waals surface area (Å²) < 4.78 is 0. The normalized spacial score (nSPS) is 32.2. The SMILES string of the molecule is Cl.NC1C2CCCC1CC(C(=O)N1CCCC1c1cccc3ccccc13)C2. The molecule has 5 rings (SSSR count). The molecule has 28 heavy (non-hydrogen) atoms. The van der Waals surface area contributed by atoms with Gasteiger partial charge in [-0.2, -0.15) is 0 Å². The Morgan fingerprint density at radius 1 is 0.929 bits per heavy atom. The predicted octanol–water partition coefficient (Wildman–Crippen LogP) is 5.08. The number of carbonyl (C=O) groups is 1. The van der Waals surface area contributed by atoms with E-state index in [4.69, 9.17) is 5.73 Å². The Morgan fingerprint density at radius 2 is 1.64 bits per heavy atom. The first-order valence-corrected chi connectivity index (χ1v) is 10.8. The molecule has 0 radical (unpaired) electrons. The lowest BCUT2D eigenvalue weighted by atomic mass is 9.65. The molecule has 150 valence electrons. The van der Waals surface area contributed by atoms with Crippen LogP contribution >= 0.6 is 12.4 Å². The van der Waals surface area contributed by atoms with Crippen LogP contribution in [0.4, 0.5) is 0 Å². The van der Waals surface area contributed by atoms with Gasteiger partial charge in [-0.05, 0) is 66.7 Å². The lowest BCUT2D eigenvalue weighted by Gasteiger charge is -2.44. The van der Waals surface area contributed by atoms with Crippen LogP contribution in [0.3, 0.4) is 0 Å². The van der Waals surface area contributed by atoms with Crippen molar-refractivity contribution in [2.75, 3.05) is 6.54 Å². The zero-order valence-electron chi connectivity index (χ0n) is 16.4. The zero-order chi connectivity index (χ0) is 18.4.